The summed E-state index contributed by atoms with van der Waals surface area (Å²) in [7, 11) is 0. The van der Waals surface area contributed by atoms with Crippen LogP contribution in [-0.4, -0.2) is 38.8 Å². The molecule has 2 aromatic heterocycles. The zero-order chi connectivity index (χ0) is 16.7. The quantitative estimate of drug-likeness (QED) is 0.844. The summed E-state index contributed by atoms with van der Waals surface area (Å²) in [5, 5.41) is 6.76. The Morgan fingerprint density at radius 2 is 2.04 bits per heavy atom. The van der Waals surface area contributed by atoms with Crippen LogP contribution < -0.4 is 4.90 Å². The Hall–Kier alpha value is -1.84. The number of thioether (sulfide) groups is 1. The highest BCUT2D eigenvalue weighted by Gasteiger charge is 2.46. The molecule has 1 fully saturated rings. The predicted molar refractivity (Wildman–Crippen MR) is 78.0 cm³/mol. The molecule has 3 rings (SSSR count). The van der Waals surface area contributed by atoms with E-state index in [0.717, 1.165) is 5.82 Å². The number of hydrogen-bond acceptors (Lipinski definition) is 7. The fourth-order valence-electron chi connectivity index (χ4n) is 2.44. The number of anilines is 1. The highest BCUT2D eigenvalue weighted by molar-refractivity contribution is 8.00. The summed E-state index contributed by atoms with van der Waals surface area (Å²) in [6.07, 6.45) is 4.85. The highest BCUT2D eigenvalue weighted by atomic mass is 32.2. The molecule has 1 aliphatic heterocycles. The predicted octanol–water partition coefficient (Wildman–Crippen LogP) is 2.95. The summed E-state index contributed by atoms with van der Waals surface area (Å²) in [4.78, 5) is 10.2. The van der Waals surface area contributed by atoms with Gasteiger partial charge in [0.1, 0.15) is 5.82 Å². The average molecular weight is 345 g/mol. The van der Waals surface area contributed by atoms with Crippen molar-refractivity contribution in [2.75, 3.05) is 18.0 Å². The van der Waals surface area contributed by atoms with Crippen molar-refractivity contribution in [3.63, 3.8) is 0 Å². The van der Waals surface area contributed by atoms with E-state index in [4.69, 9.17) is 4.42 Å². The lowest BCUT2D eigenvalue weighted by atomic mass is 9.82. The van der Waals surface area contributed by atoms with Crippen LogP contribution in [0, 0.1) is 0 Å². The van der Waals surface area contributed by atoms with Crippen molar-refractivity contribution in [2.45, 2.75) is 30.0 Å². The fraction of sp³-hybridized carbons (Fsp3) is 0.538. The number of alkyl halides is 3. The molecular weight excluding hydrogens is 331 g/mol. The van der Waals surface area contributed by atoms with Crippen LogP contribution in [0.2, 0.25) is 0 Å². The van der Waals surface area contributed by atoms with Crippen LogP contribution in [0.25, 0.3) is 0 Å². The van der Waals surface area contributed by atoms with Gasteiger partial charge in [-0.15, -0.1) is 10.2 Å². The van der Waals surface area contributed by atoms with Crippen molar-refractivity contribution >= 4 is 17.6 Å². The van der Waals surface area contributed by atoms with Gasteiger partial charge in [-0.05, 0) is 25.6 Å². The molecule has 6 nitrogen and oxygen atoms in total. The first kappa shape index (κ1) is 16.0. The van der Waals surface area contributed by atoms with Crippen LogP contribution in [0.4, 0.5) is 19.0 Å². The van der Waals surface area contributed by atoms with Crippen LogP contribution in [0.15, 0.2) is 23.0 Å². The molecule has 124 valence electrons. The van der Waals surface area contributed by atoms with E-state index in [1.165, 1.54) is 6.92 Å². The van der Waals surface area contributed by atoms with Gasteiger partial charge in [-0.1, -0.05) is 0 Å². The average Bonchev–Trinajstić information content (AvgIpc) is 2.93. The maximum Gasteiger partial charge on any atom is 0.442 e. The van der Waals surface area contributed by atoms with Gasteiger partial charge in [0.25, 0.3) is 0 Å². The van der Waals surface area contributed by atoms with Crippen molar-refractivity contribution in [3.8, 4) is 0 Å². The summed E-state index contributed by atoms with van der Waals surface area (Å²) in [6.45, 7) is 4.51. The van der Waals surface area contributed by atoms with E-state index in [-0.39, 0.29) is 17.7 Å². The second-order valence-corrected chi connectivity index (χ2v) is 7.04. The molecular formula is C13H14F3N5OS. The lowest BCUT2D eigenvalue weighted by molar-refractivity contribution is -0.0334. The molecule has 0 aromatic carbocycles. The molecule has 10 heteroatoms. The highest BCUT2D eigenvalue weighted by Crippen LogP contribution is 2.42. The third-order valence-electron chi connectivity index (χ3n) is 3.57. The van der Waals surface area contributed by atoms with Gasteiger partial charge in [0.05, 0.1) is 16.9 Å². The van der Waals surface area contributed by atoms with E-state index in [1.807, 2.05) is 11.8 Å². The SMILES string of the molecule is CC(SC(F)(F)F)c1nnc(C2(C)CN(c3cnccn3)C2)o1. The molecule has 23 heavy (non-hydrogen) atoms. The molecule has 0 spiro atoms. The molecule has 0 saturated carbocycles. The molecule has 1 saturated heterocycles. The Kier molecular flexibility index (Phi) is 3.95. The third kappa shape index (κ3) is 3.41. The monoisotopic (exact) mass is 345 g/mol. The maximum absolute atomic E-state index is 12.4. The minimum Gasteiger partial charge on any atom is -0.423 e. The summed E-state index contributed by atoms with van der Waals surface area (Å²) in [5.41, 5.74) is -4.73. The van der Waals surface area contributed by atoms with Gasteiger partial charge in [0.2, 0.25) is 11.8 Å². The van der Waals surface area contributed by atoms with Gasteiger partial charge in [-0.3, -0.25) is 4.98 Å². The number of nitrogens with zero attached hydrogens (tertiary/aromatic N) is 5. The normalized spacial score (nSPS) is 18.6. The summed E-state index contributed by atoms with van der Waals surface area (Å²) in [5.74, 6) is 1.08. The number of halogens is 3. The fourth-order valence-corrected chi connectivity index (χ4v) is 3.04. The Labute approximate surface area is 134 Å². The molecule has 0 amide bonds. The minimum absolute atomic E-state index is 0.0125. The van der Waals surface area contributed by atoms with Gasteiger partial charge in [-0.25, -0.2) is 4.98 Å². The largest absolute Gasteiger partial charge is 0.442 e. The van der Waals surface area contributed by atoms with Crippen molar-refractivity contribution in [3.05, 3.63) is 30.4 Å². The van der Waals surface area contributed by atoms with E-state index >= 15 is 0 Å². The van der Waals surface area contributed by atoms with E-state index in [0.29, 0.717) is 19.0 Å². The number of rotatable bonds is 4. The molecule has 1 unspecified atom stereocenters. The second-order valence-electron chi connectivity index (χ2n) is 5.63. The molecule has 0 aliphatic carbocycles. The van der Waals surface area contributed by atoms with Gasteiger partial charge in [0.15, 0.2) is 0 Å². The minimum atomic E-state index is -4.34. The molecule has 0 radical (unpaired) electrons. The number of hydrogen-bond donors (Lipinski definition) is 0. The lowest BCUT2D eigenvalue weighted by Gasteiger charge is -2.46. The zero-order valence-corrected chi connectivity index (χ0v) is 13.2. The standard InChI is InChI=1S/C13H14F3N5OS/c1-8(23-13(14,15)16)10-19-20-11(22-10)12(2)6-21(7-12)9-5-17-3-4-18-9/h3-5,8H,6-7H2,1-2H3. The first-order valence-corrected chi connectivity index (χ1v) is 7.74. The smallest absolute Gasteiger partial charge is 0.423 e. The van der Waals surface area contributed by atoms with Crippen LogP contribution in [0.3, 0.4) is 0 Å². The van der Waals surface area contributed by atoms with Crippen molar-refractivity contribution in [2.24, 2.45) is 0 Å². The van der Waals surface area contributed by atoms with Crippen molar-refractivity contribution < 1.29 is 17.6 Å². The molecule has 0 bridgehead atoms. The van der Waals surface area contributed by atoms with Crippen molar-refractivity contribution in [1.82, 2.24) is 20.2 Å². The summed E-state index contributed by atoms with van der Waals surface area (Å²) < 4.78 is 42.7. The molecule has 3 heterocycles. The zero-order valence-electron chi connectivity index (χ0n) is 12.4. The molecule has 1 atom stereocenters. The van der Waals surface area contributed by atoms with Crippen molar-refractivity contribution in [1.29, 1.82) is 0 Å². The van der Waals surface area contributed by atoms with Crippen LogP contribution >= 0.6 is 11.8 Å². The molecule has 0 N–H and O–H groups in total. The molecule has 1 aliphatic rings. The lowest BCUT2D eigenvalue weighted by Crippen LogP contribution is -2.58. The maximum atomic E-state index is 12.4. The third-order valence-corrected chi connectivity index (χ3v) is 4.39. The van der Waals surface area contributed by atoms with E-state index in [9.17, 15) is 13.2 Å². The van der Waals surface area contributed by atoms with Crippen LogP contribution in [0.1, 0.15) is 30.9 Å². The summed E-state index contributed by atoms with van der Waals surface area (Å²) >= 11 is -0.168. The second kappa shape index (κ2) is 5.66. The summed E-state index contributed by atoms with van der Waals surface area (Å²) in [6, 6.07) is 0. The number of aromatic nitrogens is 4. The van der Waals surface area contributed by atoms with E-state index in [2.05, 4.69) is 20.2 Å². The Morgan fingerprint density at radius 3 is 2.65 bits per heavy atom. The Morgan fingerprint density at radius 1 is 1.30 bits per heavy atom. The van der Waals surface area contributed by atoms with Gasteiger partial charge in [0, 0.05) is 25.5 Å². The van der Waals surface area contributed by atoms with Gasteiger partial charge >= 0.3 is 5.51 Å². The Bertz CT molecular complexity index is 672. The first-order valence-electron chi connectivity index (χ1n) is 6.86. The molecule has 2 aromatic rings. The van der Waals surface area contributed by atoms with Gasteiger partial charge < -0.3 is 9.32 Å². The van der Waals surface area contributed by atoms with E-state index < -0.39 is 16.2 Å². The van der Waals surface area contributed by atoms with E-state index in [1.54, 1.807) is 18.6 Å². The van der Waals surface area contributed by atoms with Gasteiger partial charge in [-0.2, -0.15) is 13.2 Å². The topological polar surface area (TPSA) is 67.9 Å². The van der Waals surface area contributed by atoms with Crippen LogP contribution in [0.5, 0.6) is 0 Å². The first-order chi connectivity index (χ1) is 10.8. The Balaban J connectivity index is 1.67. The van der Waals surface area contributed by atoms with Crippen LogP contribution in [-0.2, 0) is 5.41 Å².